The second kappa shape index (κ2) is 8.50. The van der Waals surface area contributed by atoms with Crippen molar-refractivity contribution in [2.24, 2.45) is 12.5 Å². The van der Waals surface area contributed by atoms with Gasteiger partial charge in [0.25, 0.3) is 15.9 Å². The van der Waals surface area contributed by atoms with Crippen molar-refractivity contribution in [1.82, 2.24) is 29.3 Å². The Morgan fingerprint density at radius 2 is 1.88 bits per heavy atom. The van der Waals surface area contributed by atoms with E-state index in [4.69, 9.17) is 4.74 Å². The highest BCUT2D eigenvalue weighted by atomic mass is 32.2. The predicted octanol–water partition coefficient (Wildman–Crippen LogP) is 2.40. The van der Waals surface area contributed by atoms with Crippen LogP contribution in [-0.2, 0) is 17.1 Å². The van der Waals surface area contributed by atoms with Crippen molar-refractivity contribution in [3.63, 3.8) is 0 Å². The predicted molar refractivity (Wildman–Crippen MR) is 109 cm³/mol. The van der Waals surface area contributed by atoms with Gasteiger partial charge in [0.2, 0.25) is 5.88 Å². The molecule has 0 aliphatic heterocycles. The Bertz CT molecular complexity index is 1260. The number of hydrogen-bond donors (Lipinski definition) is 1. The Hall–Kier alpha value is -3.42. The maximum absolute atomic E-state index is 12.9. The lowest BCUT2D eigenvalue weighted by Gasteiger charge is -2.26. The largest absolute Gasteiger partial charge is 0.476 e. The second-order valence-corrected chi connectivity index (χ2v) is 9.51. The quantitative estimate of drug-likeness (QED) is 0.544. The summed E-state index contributed by atoms with van der Waals surface area (Å²) in [5, 5.41) is 7.95. The van der Waals surface area contributed by atoms with Crippen LogP contribution < -0.4 is 9.46 Å². The number of hydrogen-bond acceptors (Lipinski definition) is 7. The van der Waals surface area contributed by atoms with Gasteiger partial charge in [0.1, 0.15) is 11.5 Å². The van der Waals surface area contributed by atoms with Gasteiger partial charge in [-0.1, -0.05) is 0 Å². The fourth-order valence-electron chi connectivity index (χ4n) is 2.58. The molecule has 3 heterocycles. The van der Waals surface area contributed by atoms with E-state index in [1.165, 1.54) is 46.9 Å². The van der Waals surface area contributed by atoms with Crippen molar-refractivity contribution in [1.29, 1.82) is 0 Å². The van der Waals surface area contributed by atoms with Gasteiger partial charge in [0.15, 0.2) is 5.82 Å². The molecule has 0 saturated carbocycles. The molecule has 33 heavy (non-hydrogen) atoms. The van der Waals surface area contributed by atoms with E-state index in [-0.39, 0.29) is 27.9 Å². The Morgan fingerprint density at radius 1 is 1.18 bits per heavy atom. The Kier molecular flexibility index (Phi) is 6.24. The summed E-state index contributed by atoms with van der Waals surface area (Å²) in [4.78, 5) is 16.3. The molecule has 0 fully saturated rings. The molecule has 10 nitrogen and oxygen atoms in total. The molecule has 0 aromatic carbocycles. The van der Waals surface area contributed by atoms with E-state index < -0.39 is 34.1 Å². The topological polar surface area (TPSA) is 121 Å². The van der Waals surface area contributed by atoms with E-state index in [9.17, 15) is 26.4 Å². The number of sulfonamides is 1. The average Bonchev–Trinajstić information content (AvgIpc) is 3.32. The van der Waals surface area contributed by atoms with Gasteiger partial charge in [-0.3, -0.25) is 9.48 Å². The summed E-state index contributed by atoms with van der Waals surface area (Å²) >= 11 is 0. The van der Waals surface area contributed by atoms with E-state index in [2.05, 4.69) is 15.2 Å². The first-order valence-electron chi connectivity index (χ1n) is 9.49. The summed E-state index contributed by atoms with van der Waals surface area (Å²) in [7, 11) is -2.58. The normalized spacial score (nSPS) is 12.6. The molecular formula is C19H21F3N6O4S. The van der Waals surface area contributed by atoms with Crippen LogP contribution in [0.3, 0.4) is 0 Å². The van der Waals surface area contributed by atoms with Gasteiger partial charge >= 0.3 is 6.18 Å². The van der Waals surface area contributed by atoms with Crippen molar-refractivity contribution in [3.05, 3.63) is 48.0 Å². The SMILES string of the molecule is Cc1nn(C)cc1S(=O)(=O)NC(=O)c1ccc(-n2ccc(OCC(C)(C)C(F)(F)F)n2)nc1. The number of pyridine rings is 1. The third-order valence-corrected chi connectivity index (χ3v) is 6.08. The summed E-state index contributed by atoms with van der Waals surface area (Å²) in [5.41, 5.74) is -1.85. The van der Waals surface area contributed by atoms with Crippen molar-refractivity contribution in [2.45, 2.75) is 31.8 Å². The zero-order valence-corrected chi connectivity index (χ0v) is 18.9. The molecular weight excluding hydrogens is 465 g/mol. The highest BCUT2D eigenvalue weighted by Crippen LogP contribution is 2.37. The number of carbonyl (C=O) groups is 1. The lowest BCUT2D eigenvalue weighted by molar-refractivity contribution is -0.219. The number of alkyl halides is 3. The number of ether oxygens (including phenoxy) is 1. The summed E-state index contributed by atoms with van der Waals surface area (Å²) < 4.78 is 73.3. The Balaban J connectivity index is 1.68. The first-order valence-corrected chi connectivity index (χ1v) is 11.0. The summed E-state index contributed by atoms with van der Waals surface area (Å²) in [6.07, 6.45) is -0.588. The van der Waals surface area contributed by atoms with Crippen LogP contribution in [0.2, 0.25) is 0 Å². The average molecular weight is 486 g/mol. The number of nitrogens with one attached hydrogen (secondary N) is 1. The third-order valence-electron chi connectivity index (χ3n) is 4.64. The molecule has 0 saturated heterocycles. The van der Waals surface area contributed by atoms with Gasteiger partial charge in [-0.05, 0) is 32.9 Å². The molecule has 0 aliphatic carbocycles. The second-order valence-electron chi connectivity index (χ2n) is 7.86. The molecule has 14 heteroatoms. The van der Waals surface area contributed by atoms with Gasteiger partial charge in [-0.25, -0.2) is 22.8 Å². The van der Waals surface area contributed by atoms with Crippen LogP contribution in [0.5, 0.6) is 5.88 Å². The number of amides is 1. The number of aryl methyl sites for hydroxylation is 2. The van der Waals surface area contributed by atoms with Crippen LogP contribution in [0, 0.1) is 12.3 Å². The molecule has 0 radical (unpaired) electrons. The summed E-state index contributed by atoms with van der Waals surface area (Å²) in [6, 6.07) is 4.10. The van der Waals surface area contributed by atoms with Crippen molar-refractivity contribution in [2.75, 3.05) is 6.61 Å². The van der Waals surface area contributed by atoms with Crippen molar-refractivity contribution >= 4 is 15.9 Å². The van der Waals surface area contributed by atoms with E-state index >= 15 is 0 Å². The van der Waals surface area contributed by atoms with Crippen molar-refractivity contribution in [3.8, 4) is 11.7 Å². The van der Waals surface area contributed by atoms with E-state index in [1.54, 1.807) is 7.05 Å². The molecule has 0 aliphatic rings. The molecule has 1 N–H and O–H groups in total. The van der Waals surface area contributed by atoms with Gasteiger partial charge in [-0.15, -0.1) is 5.10 Å². The van der Waals surface area contributed by atoms with Gasteiger partial charge in [0, 0.05) is 31.7 Å². The number of aromatic nitrogens is 5. The van der Waals surface area contributed by atoms with Crippen LogP contribution in [-0.4, -0.2) is 51.7 Å². The minimum absolute atomic E-state index is 0.0283. The Labute approximate surface area is 187 Å². The van der Waals surface area contributed by atoms with Crippen LogP contribution in [0.4, 0.5) is 13.2 Å². The molecule has 3 rings (SSSR count). The van der Waals surface area contributed by atoms with E-state index in [1.807, 2.05) is 4.72 Å². The lowest BCUT2D eigenvalue weighted by atomic mass is 9.94. The minimum Gasteiger partial charge on any atom is -0.476 e. The van der Waals surface area contributed by atoms with Crippen LogP contribution in [0.1, 0.15) is 29.9 Å². The molecule has 0 bridgehead atoms. The van der Waals surface area contributed by atoms with Crippen LogP contribution >= 0.6 is 0 Å². The first kappa shape index (κ1) is 24.2. The van der Waals surface area contributed by atoms with E-state index in [0.717, 1.165) is 20.0 Å². The molecule has 3 aromatic heterocycles. The first-order chi connectivity index (χ1) is 15.2. The molecule has 0 atom stereocenters. The van der Waals surface area contributed by atoms with Gasteiger partial charge in [0.05, 0.1) is 16.7 Å². The van der Waals surface area contributed by atoms with Crippen LogP contribution in [0.15, 0.2) is 41.7 Å². The standard InChI is InChI=1S/C19H21F3N6O4S/c1-12-14(10-27(4)24-12)33(30,31)26-17(29)13-5-6-15(23-9-13)28-8-7-16(25-28)32-11-18(2,3)19(20,21)22/h5-10H,11H2,1-4H3,(H,26,29). The smallest absolute Gasteiger partial charge is 0.397 e. The fraction of sp³-hybridized carbons (Fsp3) is 0.368. The van der Waals surface area contributed by atoms with Crippen molar-refractivity contribution < 1.29 is 31.1 Å². The fourth-order valence-corrected chi connectivity index (χ4v) is 3.77. The highest BCUT2D eigenvalue weighted by Gasteiger charge is 2.48. The van der Waals surface area contributed by atoms with Crippen LogP contribution in [0.25, 0.3) is 5.82 Å². The number of halogens is 3. The van der Waals surface area contributed by atoms with Gasteiger partial charge < -0.3 is 4.74 Å². The molecule has 178 valence electrons. The zero-order valence-electron chi connectivity index (χ0n) is 18.1. The number of carbonyl (C=O) groups excluding carboxylic acids is 1. The Morgan fingerprint density at radius 3 is 2.42 bits per heavy atom. The highest BCUT2D eigenvalue weighted by molar-refractivity contribution is 7.90. The number of rotatable bonds is 7. The zero-order chi connectivity index (χ0) is 24.6. The molecule has 3 aromatic rings. The molecule has 0 spiro atoms. The molecule has 1 amide bonds. The summed E-state index contributed by atoms with van der Waals surface area (Å²) in [6.45, 7) is 2.92. The third kappa shape index (κ3) is 5.32. The summed E-state index contributed by atoms with van der Waals surface area (Å²) in [5.74, 6) is -0.688. The lowest BCUT2D eigenvalue weighted by Crippen LogP contribution is -2.37. The monoisotopic (exact) mass is 486 g/mol. The minimum atomic E-state index is -4.43. The maximum atomic E-state index is 12.9. The van der Waals surface area contributed by atoms with E-state index in [0.29, 0.717) is 0 Å². The number of nitrogens with zero attached hydrogens (tertiary/aromatic N) is 5. The van der Waals surface area contributed by atoms with Gasteiger partial charge in [-0.2, -0.15) is 18.3 Å². The molecule has 0 unspecified atom stereocenters. The maximum Gasteiger partial charge on any atom is 0.397 e.